The van der Waals surface area contributed by atoms with E-state index in [1.807, 2.05) is 0 Å². The van der Waals surface area contributed by atoms with Crippen LogP contribution in [0.3, 0.4) is 0 Å². The van der Waals surface area contributed by atoms with Crippen LogP contribution in [0.1, 0.15) is 11.1 Å². The second kappa shape index (κ2) is 5.83. The summed E-state index contributed by atoms with van der Waals surface area (Å²) in [5.41, 5.74) is -0.437. The Morgan fingerprint density at radius 2 is 1.80 bits per heavy atom. The van der Waals surface area contributed by atoms with Crippen LogP contribution in [0.4, 0.5) is 17.6 Å². The molecular weight excluding hydrogens is 340 g/mol. The van der Waals surface area contributed by atoms with Crippen molar-refractivity contribution in [1.82, 2.24) is 0 Å². The Bertz CT molecular complexity index is 610. The number of hydrogen-bond acceptors (Lipinski definition) is 1. The van der Waals surface area contributed by atoms with E-state index in [9.17, 15) is 17.6 Å². The highest BCUT2D eigenvalue weighted by Crippen LogP contribution is 2.30. The summed E-state index contributed by atoms with van der Waals surface area (Å²) < 4.78 is 56.9. The maximum atomic E-state index is 13.4. The van der Waals surface area contributed by atoms with E-state index in [1.165, 1.54) is 30.3 Å². The van der Waals surface area contributed by atoms with Gasteiger partial charge in [0, 0.05) is 4.47 Å². The van der Waals surface area contributed by atoms with Crippen LogP contribution in [0.2, 0.25) is 0 Å². The van der Waals surface area contributed by atoms with E-state index in [-0.39, 0.29) is 12.4 Å². The fourth-order valence-electron chi connectivity index (χ4n) is 1.59. The average molecular weight is 349 g/mol. The fraction of sp³-hybridized carbons (Fsp3) is 0.143. The predicted octanol–water partition coefficient (Wildman–Crippen LogP) is 5.19. The highest BCUT2D eigenvalue weighted by atomic mass is 79.9. The number of alkyl halides is 3. The minimum atomic E-state index is -4.41. The summed E-state index contributed by atoms with van der Waals surface area (Å²) in [6.45, 7) is -0.142. The molecule has 0 saturated heterocycles. The van der Waals surface area contributed by atoms with E-state index >= 15 is 0 Å². The van der Waals surface area contributed by atoms with E-state index in [4.69, 9.17) is 4.74 Å². The van der Waals surface area contributed by atoms with Crippen LogP contribution in [0, 0.1) is 5.82 Å². The molecule has 0 spiro atoms. The van der Waals surface area contributed by atoms with Crippen LogP contribution < -0.4 is 4.74 Å². The van der Waals surface area contributed by atoms with E-state index in [0.29, 0.717) is 10.0 Å². The minimum absolute atomic E-state index is 0.0169. The minimum Gasteiger partial charge on any atom is -0.486 e. The molecule has 0 heterocycles. The summed E-state index contributed by atoms with van der Waals surface area (Å²) in [4.78, 5) is 0. The summed E-state index contributed by atoms with van der Waals surface area (Å²) in [5.74, 6) is -0.586. The first-order valence-corrected chi connectivity index (χ1v) is 6.39. The van der Waals surface area contributed by atoms with Crippen LogP contribution in [0.15, 0.2) is 46.9 Å². The third-order valence-corrected chi connectivity index (χ3v) is 3.04. The second-order valence-corrected chi connectivity index (χ2v) is 4.98. The quantitative estimate of drug-likeness (QED) is 0.694. The Hall–Kier alpha value is -1.56. The summed E-state index contributed by atoms with van der Waals surface area (Å²) in [6, 6.07) is 8.88. The Morgan fingerprint density at radius 1 is 1.05 bits per heavy atom. The van der Waals surface area contributed by atoms with Crippen LogP contribution in [-0.4, -0.2) is 0 Å². The SMILES string of the molecule is Fc1ccc(Br)cc1OCc1cccc(C(F)(F)F)c1. The zero-order valence-corrected chi connectivity index (χ0v) is 11.6. The van der Waals surface area contributed by atoms with Crippen LogP contribution >= 0.6 is 15.9 Å². The molecule has 0 aliphatic rings. The number of ether oxygens (including phenoxy) is 1. The molecule has 2 aromatic rings. The molecule has 0 aliphatic carbocycles. The molecule has 2 rings (SSSR count). The molecule has 2 aromatic carbocycles. The van der Waals surface area contributed by atoms with Gasteiger partial charge >= 0.3 is 6.18 Å². The van der Waals surface area contributed by atoms with Gasteiger partial charge in [-0.3, -0.25) is 0 Å². The first-order chi connectivity index (χ1) is 9.36. The van der Waals surface area contributed by atoms with Gasteiger partial charge in [-0.25, -0.2) is 4.39 Å². The number of benzene rings is 2. The van der Waals surface area contributed by atoms with Crippen molar-refractivity contribution >= 4 is 15.9 Å². The average Bonchev–Trinajstić information content (AvgIpc) is 2.39. The van der Waals surface area contributed by atoms with Gasteiger partial charge in [0.2, 0.25) is 0 Å². The largest absolute Gasteiger partial charge is 0.486 e. The van der Waals surface area contributed by atoms with Crippen LogP contribution in [0.5, 0.6) is 5.75 Å². The smallest absolute Gasteiger partial charge is 0.416 e. The standard InChI is InChI=1S/C14H9BrF4O/c15-11-4-5-12(16)13(7-11)20-8-9-2-1-3-10(6-9)14(17,18)19/h1-7H,8H2. The molecule has 0 fully saturated rings. The van der Waals surface area contributed by atoms with Crippen molar-refractivity contribution in [2.24, 2.45) is 0 Å². The fourth-order valence-corrected chi connectivity index (χ4v) is 1.93. The van der Waals surface area contributed by atoms with Gasteiger partial charge in [-0.15, -0.1) is 0 Å². The van der Waals surface area contributed by atoms with E-state index in [0.717, 1.165) is 12.1 Å². The van der Waals surface area contributed by atoms with Gasteiger partial charge in [-0.1, -0.05) is 28.1 Å². The monoisotopic (exact) mass is 348 g/mol. The van der Waals surface area contributed by atoms with Gasteiger partial charge in [-0.2, -0.15) is 13.2 Å². The van der Waals surface area contributed by atoms with E-state index in [1.54, 1.807) is 0 Å². The molecule has 0 unspecified atom stereocenters. The zero-order chi connectivity index (χ0) is 14.8. The lowest BCUT2D eigenvalue weighted by Crippen LogP contribution is -2.06. The Balaban J connectivity index is 2.13. The van der Waals surface area contributed by atoms with Gasteiger partial charge < -0.3 is 4.74 Å². The predicted molar refractivity (Wildman–Crippen MR) is 69.9 cm³/mol. The number of hydrogen-bond donors (Lipinski definition) is 0. The molecule has 6 heteroatoms. The molecule has 0 amide bonds. The number of rotatable bonds is 3. The van der Waals surface area contributed by atoms with Crippen molar-refractivity contribution in [3.8, 4) is 5.75 Å². The van der Waals surface area contributed by atoms with Gasteiger partial charge in [0.05, 0.1) is 5.56 Å². The Labute approximate surface area is 121 Å². The summed E-state index contributed by atoms with van der Waals surface area (Å²) in [5, 5.41) is 0. The molecule has 106 valence electrons. The van der Waals surface area contributed by atoms with Crippen molar-refractivity contribution in [3.05, 3.63) is 63.9 Å². The third-order valence-electron chi connectivity index (χ3n) is 2.54. The normalized spacial score (nSPS) is 11.4. The highest BCUT2D eigenvalue weighted by Gasteiger charge is 2.30. The topological polar surface area (TPSA) is 9.23 Å². The van der Waals surface area contributed by atoms with Gasteiger partial charge in [0.15, 0.2) is 11.6 Å². The zero-order valence-electron chi connectivity index (χ0n) is 10.0. The third kappa shape index (κ3) is 3.72. The van der Waals surface area contributed by atoms with Crippen molar-refractivity contribution < 1.29 is 22.3 Å². The Morgan fingerprint density at radius 3 is 2.50 bits per heavy atom. The van der Waals surface area contributed by atoms with Gasteiger partial charge in [0.1, 0.15) is 6.61 Å². The summed E-state index contributed by atoms with van der Waals surface area (Å²) in [7, 11) is 0. The lowest BCUT2D eigenvalue weighted by atomic mass is 10.1. The first-order valence-electron chi connectivity index (χ1n) is 5.60. The van der Waals surface area contributed by atoms with Gasteiger partial charge in [-0.05, 0) is 35.9 Å². The van der Waals surface area contributed by atoms with Crippen LogP contribution in [0.25, 0.3) is 0 Å². The molecule has 1 nitrogen and oxygen atoms in total. The highest BCUT2D eigenvalue weighted by molar-refractivity contribution is 9.10. The molecule has 0 bridgehead atoms. The van der Waals surface area contributed by atoms with Crippen molar-refractivity contribution in [2.75, 3.05) is 0 Å². The molecule has 20 heavy (non-hydrogen) atoms. The molecule has 0 aromatic heterocycles. The van der Waals surface area contributed by atoms with Crippen LogP contribution in [-0.2, 0) is 12.8 Å². The van der Waals surface area contributed by atoms with Crippen molar-refractivity contribution in [2.45, 2.75) is 12.8 Å². The molecule has 0 radical (unpaired) electrons. The molecule has 0 saturated carbocycles. The first kappa shape index (κ1) is 14.8. The van der Waals surface area contributed by atoms with E-state index in [2.05, 4.69) is 15.9 Å². The summed E-state index contributed by atoms with van der Waals surface area (Å²) >= 11 is 3.16. The maximum Gasteiger partial charge on any atom is 0.416 e. The molecule has 0 atom stereocenters. The van der Waals surface area contributed by atoms with Gasteiger partial charge in [0.25, 0.3) is 0 Å². The summed E-state index contributed by atoms with van der Waals surface area (Å²) in [6.07, 6.45) is -4.41. The Kier molecular flexibility index (Phi) is 4.32. The molecule has 0 aliphatic heterocycles. The van der Waals surface area contributed by atoms with E-state index < -0.39 is 17.6 Å². The lowest BCUT2D eigenvalue weighted by molar-refractivity contribution is -0.137. The van der Waals surface area contributed by atoms with Crippen molar-refractivity contribution in [3.63, 3.8) is 0 Å². The molecular formula is C14H9BrF4O. The number of halogens is 5. The molecule has 0 N–H and O–H groups in total. The second-order valence-electron chi connectivity index (χ2n) is 4.06. The lowest BCUT2D eigenvalue weighted by Gasteiger charge is -2.10. The maximum absolute atomic E-state index is 13.4. The van der Waals surface area contributed by atoms with Crippen molar-refractivity contribution in [1.29, 1.82) is 0 Å².